The number of aromatic carboxylic acids is 1. The van der Waals surface area contributed by atoms with E-state index in [1.807, 2.05) is 0 Å². The lowest BCUT2D eigenvalue weighted by Crippen LogP contribution is -2.36. The summed E-state index contributed by atoms with van der Waals surface area (Å²) >= 11 is 0. The number of carbonyl (C=O) groups excluding carboxylic acids is 1. The first-order valence-electron chi connectivity index (χ1n) is 6.96. The molecule has 0 radical (unpaired) electrons. The van der Waals surface area contributed by atoms with Gasteiger partial charge >= 0.3 is 5.97 Å². The van der Waals surface area contributed by atoms with Crippen molar-refractivity contribution in [1.82, 2.24) is 0 Å². The second kappa shape index (κ2) is 5.12. The Morgan fingerprint density at radius 1 is 1.20 bits per heavy atom. The van der Waals surface area contributed by atoms with E-state index in [9.17, 15) is 9.59 Å². The van der Waals surface area contributed by atoms with Crippen molar-refractivity contribution in [1.29, 1.82) is 0 Å². The molecule has 0 spiro atoms. The van der Waals surface area contributed by atoms with Crippen LogP contribution in [-0.2, 0) is 4.79 Å². The highest BCUT2D eigenvalue weighted by molar-refractivity contribution is 5.95. The molecule has 104 valence electrons. The number of carboxylic acid groups (broad SMARTS) is 1. The number of nitrogens with one attached hydrogen (secondary N) is 1. The summed E-state index contributed by atoms with van der Waals surface area (Å²) in [4.78, 5) is 23.3. The van der Waals surface area contributed by atoms with Crippen molar-refractivity contribution in [2.75, 3.05) is 5.32 Å². The maximum Gasteiger partial charge on any atom is 0.335 e. The van der Waals surface area contributed by atoms with Gasteiger partial charge in [-0.05, 0) is 49.3 Å². The number of hydrogen-bond donors (Lipinski definition) is 2. The molecule has 0 heterocycles. The number of allylic oxidation sites excluding steroid dienone is 2. The standard InChI is InChI=1S/C16H17NO3/c18-15(14-8-10-4-6-11(14)7-5-10)17-13-3-1-2-12(9-13)16(19)20/h1-4,6,9-11,14H,5,7-8H2,(H,17,18)(H,19,20). The lowest BCUT2D eigenvalue weighted by molar-refractivity contribution is -0.122. The van der Waals surface area contributed by atoms with Crippen LogP contribution in [0, 0.1) is 17.8 Å². The smallest absolute Gasteiger partial charge is 0.335 e. The number of benzene rings is 1. The van der Waals surface area contributed by atoms with Gasteiger partial charge in [0.2, 0.25) is 5.91 Å². The van der Waals surface area contributed by atoms with Crippen LogP contribution in [0.25, 0.3) is 0 Å². The quantitative estimate of drug-likeness (QED) is 0.831. The van der Waals surface area contributed by atoms with Crippen LogP contribution in [0.15, 0.2) is 36.4 Å². The van der Waals surface area contributed by atoms with Crippen LogP contribution in [0.1, 0.15) is 29.6 Å². The summed E-state index contributed by atoms with van der Waals surface area (Å²) in [6.45, 7) is 0. The van der Waals surface area contributed by atoms with E-state index < -0.39 is 5.97 Å². The van der Waals surface area contributed by atoms with Crippen molar-refractivity contribution in [3.63, 3.8) is 0 Å². The van der Waals surface area contributed by atoms with Gasteiger partial charge in [0, 0.05) is 11.6 Å². The third kappa shape index (κ3) is 2.46. The third-order valence-electron chi connectivity index (χ3n) is 4.29. The molecule has 20 heavy (non-hydrogen) atoms. The van der Waals surface area contributed by atoms with E-state index in [4.69, 9.17) is 5.11 Å². The van der Waals surface area contributed by atoms with Gasteiger partial charge in [0.25, 0.3) is 0 Å². The van der Waals surface area contributed by atoms with Gasteiger partial charge in [0.05, 0.1) is 5.56 Å². The highest BCUT2D eigenvalue weighted by Gasteiger charge is 2.36. The average Bonchev–Trinajstić information content (AvgIpc) is 2.48. The SMILES string of the molecule is O=C(O)c1cccc(NC(=O)C2CC3C=CC2CC3)c1. The molecule has 3 aliphatic rings. The van der Waals surface area contributed by atoms with Gasteiger partial charge in [-0.1, -0.05) is 18.2 Å². The highest BCUT2D eigenvalue weighted by atomic mass is 16.4. The molecule has 0 aromatic heterocycles. The maximum absolute atomic E-state index is 12.3. The van der Waals surface area contributed by atoms with Gasteiger partial charge in [-0.25, -0.2) is 4.79 Å². The van der Waals surface area contributed by atoms with E-state index in [0.717, 1.165) is 12.8 Å². The van der Waals surface area contributed by atoms with E-state index >= 15 is 0 Å². The fraction of sp³-hybridized carbons (Fsp3) is 0.375. The van der Waals surface area contributed by atoms with E-state index in [1.54, 1.807) is 12.1 Å². The normalized spacial score (nSPS) is 27.3. The van der Waals surface area contributed by atoms with Gasteiger partial charge in [-0.15, -0.1) is 0 Å². The Morgan fingerprint density at radius 2 is 2.05 bits per heavy atom. The number of fused-ring (bicyclic) bond motifs is 2. The first kappa shape index (κ1) is 12.9. The Balaban J connectivity index is 1.72. The van der Waals surface area contributed by atoms with Gasteiger partial charge in [0.15, 0.2) is 0 Å². The summed E-state index contributed by atoms with van der Waals surface area (Å²) < 4.78 is 0. The molecule has 2 N–H and O–H groups in total. The highest BCUT2D eigenvalue weighted by Crippen LogP contribution is 2.40. The zero-order valence-corrected chi connectivity index (χ0v) is 11.1. The molecule has 3 aliphatic carbocycles. The largest absolute Gasteiger partial charge is 0.478 e. The number of anilines is 1. The minimum Gasteiger partial charge on any atom is -0.478 e. The second-order valence-corrected chi connectivity index (χ2v) is 5.60. The number of carbonyl (C=O) groups is 2. The maximum atomic E-state index is 12.3. The van der Waals surface area contributed by atoms with Crippen molar-refractivity contribution in [2.45, 2.75) is 19.3 Å². The van der Waals surface area contributed by atoms with Crippen molar-refractivity contribution in [2.24, 2.45) is 17.8 Å². The van der Waals surface area contributed by atoms with Gasteiger partial charge in [-0.2, -0.15) is 0 Å². The van der Waals surface area contributed by atoms with Crippen molar-refractivity contribution >= 4 is 17.6 Å². The average molecular weight is 271 g/mol. The van der Waals surface area contributed by atoms with E-state index in [2.05, 4.69) is 17.5 Å². The predicted molar refractivity (Wildman–Crippen MR) is 75.5 cm³/mol. The lowest BCUT2D eigenvalue weighted by Gasteiger charge is -2.36. The number of hydrogen-bond acceptors (Lipinski definition) is 2. The number of amides is 1. The molecule has 1 aromatic rings. The van der Waals surface area contributed by atoms with Crippen LogP contribution < -0.4 is 5.32 Å². The zero-order valence-electron chi connectivity index (χ0n) is 11.1. The molecular formula is C16H17NO3. The zero-order chi connectivity index (χ0) is 14.1. The number of carboxylic acids is 1. The minimum atomic E-state index is -0.985. The van der Waals surface area contributed by atoms with Gasteiger partial charge in [-0.3, -0.25) is 4.79 Å². The van der Waals surface area contributed by atoms with Crippen molar-refractivity contribution < 1.29 is 14.7 Å². The Labute approximate surface area is 117 Å². The molecule has 1 saturated carbocycles. The molecule has 1 amide bonds. The Kier molecular flexibility index (Phi) is 3.30. The molecule has 0 saturated heterocycles. The van der Waals surface area contributed by atoms with Crippen LogP contribution in [0.5, 0.6) is 0 Å². The second-order valence-electron chi connectivity index (χ2n) is 5.60. The van der Waals surface area contributed by atoms with Crippen LogP contribution in [-0.4, -0.2) is 17.0 Å². The summed E-state index contributed by atoms with van der Waals surface area (Å²) in [6.07, 6.45) is 7.55. The van der Waals surface area contributed by atoms with E-state index in [0.29, 0.717) is 17.5 Å². The molecule has 1 fully saturated rings. The summed E-state index contributed by atoms with van der Waals surface area (Å²) in [7, 11) is 0. The van der Waals surface area contributed by atoms with Crippen molar-refractivity contribution in [3.8, 4) is 0 Å². The molecule has 2 bridgehead atoms. The molecule has 4 rings (SSSR count). The summed E-state index contributed by atoms with van der Waals surface area (Å²) in [5.41, 5.74) is 0.744. The van der Waals surface area contributed by atoms with Crippen LogP contribution in [0.4, 0.5) is 5.69 Å². The first-order chi connectivity index (χ1) is 9.63. The number of rotatable bonds is 3. The summed E-state index contributed by atoms with van der Waals surface area (Å²) in [6, 6.07) is 6.38. The summed E-state index contributed by atoms with van der Waals surface area (Å²) in [5.74, 6) is -0.0941. The topological polar surface area (TPSA) is 66.4 Å². The molecule has 3 atom stereocenters. The van der Waals surface area contributed by atoms with Gasteiger partial charge < -0.3 is 10.4 Å². The van der Waals surface area contributed by atoms with Crippen LogP contribution >= 0.6 is 0 Å². The Hall–Kier alpha value is -2.10. The van der Waals surface area contributed by atoms with Crippen molar-refractivity contribution in [3.05, 3.63) is 42.0 Å². The summed E-state index contributed by atoms with van der Waals surface area (Å²) in [5, 5.41) is 11.8. The minimum absolute atomic E-state index is 0.00610. The molecule has 1 aromatic carbocycles. The molecular weight excluding hydrogens is 254 g/mol. The van der Waals surface area contributed by atoms with Crippen LogP contribution in [0.3, 0.4) is 0 Å². The fourth-order valence-electron chi connectivity index (χ4n) is 3.20. The molecule has 0 aliphatic heterocycles. The lowest BCUT2D eigenvalue weighted by atomic mass is 9.69. The Morgan fingerprint density at radius 3 is 2.65 bits per heavy atom. The predicted octanol–water partition coefficient (Wildman–Crippen LogP) is 2.93. The molecule has 4 heteroatoms. The third-order valence-corrected chi connectivity index (χ3v) is 4.29. The Bertz CT molecular complexity index is 579. The molecule has 4 nitrogen and oxygen atoms in total. The molecule has 3 unspecified atom stereocenters. The van der Waals surface area contributed by atoms with E-state index in [1.165, 1.54) is 18.6 Å². The van der Waals surface area contributed by atoms with E-state index in [-0.39, 0.29) is 17.4 Å². The first-order valence-corrected chi connectivity index (χ1v) is 6.96. The monoisotopic (exact) mass is 271 g/mol. The fourth-order valence-corrected chi connectivity index (χ4v) is 3.20. The van der Waals surface area contributed by atoms with Gasteiger partial charge in [0.1, 0.15) is 0 Å². The van der Waals surface area contributed by atoms with Crippen LogP contribution in [0.2, 0.25) is 0 Å².